The minimum Gasteiger partial charge on any atom is -0.467 e. The largest absolute Gasteiger partial charge is 0.467 e. The van der Waals surface area contributed by atoms with Gasteiger partial charge in [0.15, 0.2) is 6.79 Å². The van der Waals surface area contributed by atoms with Crippen LogP contribution < -0.4 is 10.0 Å². The van der Waals surface area contributed by atoms with Crippen molar-refractivity contribution in [2.45, 2.75) is 46.2 Å². The van der Waals surface area contributed by atoms with Gasteiger partial charge in [-0.15, -0.1) is 0 Å². The van der Waals surface area contributed by atoms with E-state index in [4.69, 9.17) is 14.5 Å². The number of hydrogen-bond donors (Lipinski definition) is 0. The highest BCUT2D eigenvalue weighted by Crippen LogP contribution is 2.49. The molecule has 3 aromatic carbocycles. The number of rotatable bonds is 9. The van der Waals surface area contributed by atoms with Gasteiger partial charge in [0, 0.05) is 36.0 Å². The smallest absolute Gasteiger partial charge is 0.188 e. The molecule has 2 atom stereocenters. The summed E-state index contributed by atoms with van der Waals surface area (Å²) in [6, 6.07) is 21.5. The molecule has 3 rings (SSSR count). The van der Waals surface area contributed by atoms with E-state index in [2.05, 4.69) is 89.2 Å². The molecule has 0 aliphatic rings. The van der Waals surface area contributed by atoms with Crippen LogP contribution in [0.2, 0.25) is 0 Å². The molecule has 33 heavy (non-hydrogen) atoms. The van der Waals surface area contributed by atoms with Crippen molar-refractivity contribution in [3.8, 4) is 5.75 Å². The highest BCUT2D eigenvalue weighted by atomic mass is 31.1. The van der Waals surface area contributed by atoms with E-state index in [0.717, 1.165) is 29.0 Å². The van der Waals surface area contributed by atoms with Crippen molar-refractivity contribution in [3.05, 3.63) is 94.0 Å². The molecule has 0 spiro atoms. The lowest BCUT2D eigenvalue weighted by Crippen LogP contribution is -2.25. The van der Waals surface area contributed by atoms with E-state index in [9.17, 15) is 0 Å². The van der Waals surface area contributed by atoms with E-state index in [1.54, 1.807) is 7.11 Å². The Balaban J connectivity index is 2.15. The van der Waals surface area contributed by atoms with Crippen molar-refractivity contribution in [3.63, 3.8) is 0 Å². The summed E-state index contributed by atoms with van der Waals surface area (Å²) in [7, 11) is 4.11. The summed E-state index contributed by atoms with van der Waals surface area (Å²) in [5, 5.41) is 1.28. The second-order valence-corrected chi connectivity index (χ2v) is 10.6. The molecule has 0 aliphatic carbocycles. The molecule has 174 valence electrons. The van der Waals surface area contributed by atoms with Crippen molar-refractivity contribution in [2.24, 2.45) is 4.99 Å². The van der Waals surface area contributed by atoms with Crippen molar-refractivity contribution < 1.29 is 9.47 Å². The zero-order valence-electron chi connectivity index (χ0n) is 21.0. The number of nitrogens with zero attached hydrogens (tertiary/aromatic N) is 1. The highest BCUT2D eigenvalue weighted by molar-refractivity contribution is 7.49. The molecule has 0 fully saturated rings. The van der Waals surface area contributed by atoms with Crippen molar-refractivity contribution >= 4 is 19.6 Å². The van der Waals surface area contributed by atoms with Gasteiger partial charge >= 0.3 is 0 Å². The molecule has 0 amide bonds. The summed E-state index contributed by atoms with van der Waals surface area (Å²) >= 11 is 0. The van der Waals surface area contributed by atoms with Gasteiger partial charge in [-0.05, 0) is 43.6 Å². The number of hydrogen-bond acceptors (Lipinski definition) is 3. The topological polar surface area (TPSA) is 30.8 Å². The molecule has 0 heterocycles. The summed E-state index contributed by atoms with van der Waals surface area (Å²) in [6.45, 7) is 11.4. The van der Waals surface area contributed by atoms with Crippen LogP contribution in [0.15, 0.2) is 65.7 Å². The minimum atomic E-state index is -0.0870. The first-order chi connectivity index (χ1) is 15.8. The van der Waals surface area contributed by atoms with Crippen LogP contribution in [-0.4, -0.2) is 26.7 Å². The number of aryl methyl sites for hydroxylation is 3. The lowest BCUT2D eigenvalue weighted by Gasteiger charge is -2.33. The fraction of sp³-hybridized carbons (Fsp3) is 0.345. The zero-order valence-corrected chi connectivity index (χ0v) is 22.0. The van der Waals surface area contributed by atoms with Crippen LogP contribution in [0.3, 0.4) is 0 Å². The van der Waals surface area contributed by atoms with E-state index in [0.29, 0.717) is 8.58 Å². The molecule has 0 radical (unpaired) electrons. The Morgan fingerprint density at radius 3 is 2.33 bits per heavy atom. The first kappa shape index (κ1) is 25.1. The van der Waals surface area contributed by atoms with Crippen LogP contribution in [0.4, 0.5) is 0 Å². The third-order valence-electron chi connectivity index (χ3n) is 6.24. The van der Waals surface area contributed by atoms with Gasteiger partial charge in [-0.2, -0.15) is 0 Å². The maximum atomic E-state index is 6.11. The fourth-order valence-electron chi connectivity index (χ4n) is 4.33. The molecule has 3 nitrogen and oxygen atoms in total. The minimum absolute atomic E-state index is 0.0870. The molecule has 2 unspecified atom stereocenters. The van der Waals surface area contributed by atoms with E-state index >= 15 is 0 Å². The molecule has 0 saturated heterocycles. The maximum Gasteiger partial charge on any atom is 0.188 e. The third-order valence-corrected chi connectivity index (χ3v) is 8.33. The first-order valence-corrected chi connectivity index (χ1v) is 12.5. The molecular formula is C29H36NO2P. The average Bonchev–Trinajstić information content (AvgIpc) is 2.81. The zero-order chi connectivity index (χ0) is 24.0. The summed E-state index contributed by atoms with van der Waals surface area (Å²) in [4.78, 5) is 4.73. The SMILES string of the molecule is CCC(C)(Pc1c(C)cccc1C(=NC)c1ccccc1)c1cc(C)cc(C)c1OCOC. The van der Waals surface area contributed by atoms with Crippen LogP contribution in [0, 0.1) is 20.8 Å². The molecule has 0 N–H and O–H groups in total. The van der Waals surface area contributed by atoms with Crippen molar-refractivity contribution in [1.82, 2.24) is 0 Å². The molecule has 4 heteroatoms. The second-order valence-electron chi connectivity index (χ2n) is 8.76. The summed E-state index contributed by atoms with van der Waals surface area (Å²) in [5.41, 5.74) is 8.35. The van der Waals surface area contributed by atoms with Gasteiger partial charge in [0.05, 0.1) is 5.71 Å². The van der Waals surface area contributed by atoms with Crippen LogP contribution in [0.25, 0.3) is 0 Å². The molecule has 0 aromatic heterocycles. The van der Waals surface area contributed by atoms with Crippen LogP contribution in [-0.2, 0) is 9.89 Å². The van der Waals surface area contributed by atoms with Gasteiger partial charge in [-0.3, -0.25) is 4.99 Å². The van der Waals surface area contributed by atoms with Crippen molar-refractivity contribution in [2.75, 3.05) is 21.0 Å². The third kappa shape index (κ3) is 5.54. The standard InChI is InChI=1S/C29H36NO2P/c1-8-29(5,25-18-20(2)17-22(4)27(25)32-19-31-7)33-28-21(3)13-12-16-24(28)26(30-6)23-14-10-9-11-15-23/h9-18,33H,8,19H2,1-7H3. The van der Waals surface area contributed by atoms with Gasteiger partial charge in [-0.25, -0.2) is 0 Å². The molecule has 0 aliphatic heterocycles. The first-order valence-electron chi connectivity index (χ1n) is 11.5. The van der Waals surface area contributed by atoms with E-state index < -0.39 is 0 Å². The van der Waals surface area contributed by atoms with Gasteiger partial charge in [-0.1, -0.05) is 88.7 Å². The molecular weight excluding hydrogens is 425 g/mol. The Bertz CT molecular complexity index is 1120. The Morgan fingerprint density at radius 2 is 1.70 bits per heavy atom. The number of aliphatic imine (C=N–C) groups is 1. The summed E-state index contributed by atoms with van der Waals surface area (Å²) in [5.74, 6) is 0.946. The lowest BCUT2D eigenvalue weighted by atomic mass is 9.92. The van der Waals surface area contributed by atoms with Gasteiger partial charge in [0.1, 0.15) is 5.75 Å². The molecule has 0 bridgehead atoms. The number of ether oxygens (including phenoxy) is 2. The quantitative estimate of drug-likeness (QED) is 0.202. The number of methoxy groups -OCH3 is 1. The predicted molar refractivity (Wildman–Crippen MR) is 143 cm³/mol. The average molecular weight is 462 g/mol. The summed E-state index contributed by atoms with van der Waals surface area (Å²) < 4.78 is 11.4. The van der Waals surface area contributed by atoms with E-state index in [1.165, 1.54) is 27.6 Å². The van der Waals surface area contributed by atoms with Crippen molar-refractivity contribution in [1.29, 1.82) is 0 Å². The lowest BCUT2D eigenvalue weighted by molar-refractivity contribution is 0.0495. The normalized spacial score (nSPS) is 14.0. The monoisotopic (exact) mass is 461 g/mol. The maximum absolute atomic E-state index is 6.11. The molecule has 3 aromatic rings. The van der Waals surface area contributed by atoms with Crippen LogP contribution >= 0.6 is 8.58 Å². The van der Waals surface area contributed by atoms with Gasteiger partial charge in [0.25, 0.3) is 0 Å². The van der Waals surface area contributed by atoms with Crippen LogP contribution in [0.1, 0.15) is 53.6 Å². The van der Waals surface area contributed by atoms with Crippen LogP contribution in [0.5, 0.6) is 5.75 Å². The van der Waals surface area contributed by atoms with E-state index in [1.807, 2.05) is 13.1 Å². The predicted octanol–water partition coefficient (Wildman–Crippen LogP) is 6.69. The summed E-state index contributed by atoms with van der Waals surface area (Å²) in [6.07, 6.45) is 0.995. The highest BCUT2D eigenvalue weighted by Gasteiger charge is 2.31. The van der Waals surface area contributed by atoms with Gasteiger partial charge in [0.2, 0.25) is 0 Å². The van der Waals surface area contributed by atoms with E-state index in [-0.39, 0.29) is 11.9 Å². The Morgan fingerprint density at radius 1 is 0.970 bits per heavy atom. The Labute approximate surface area is 201 Å². The Kier molecular flexibility index (Phi) is 8.46. The Hall–Kier alpha value is -2.48. The number of benzene rings is 3. The molecule has 0 saturated carbocycles. The van der Waals surface area contributed by atoms with Gasteiger partial charge < -0.3 is 9.47 Å². The fourth-order valence-corrected chi connectivity index (χ4v) is 5.99. The second kappa shape index (κ2) is 11.1.